The van der Waals surface area contributed by atoms with Gasteiger partial charge in [-0.1, -0.05) is 12.1 Å². The predicted molar refractivity (Wildman–Crippen MR) is 111 cm³/mol. The number of carbonyl (C=O) groups is 1. The van der Waals surface area contributed by atoms with Gasteiger partial charge in [0.05, 0.1) is 5.92 Å². The molecule has 1 aliphatic heterocycles. The summed E-state index contributed by atoms with van der Waals surface area (Å²) in [5.74, 6) is -0.616. The first kappa shape index (κ1) is 20.5. The summed E-state index contributed by atoms with van der Waals surface area (Å²) in [5, 5.41) is 0. The molecule has 4 rings (SSSR count). The van der Waals surface area contributed by atoms with Gasteiger partial charge in [-0.2, -0.15) is 4.31 Å². The van der Waals surface area contributed by atoms with Gasteiger partial charge in [-0.3, -0.25) is 4.79 Å². The number of rotatable bonds is 6. The number of hydrogen-bond donors (Lipinski definition) is 0. The first-order valence-electron chi connectivity index (χ1n) is 9.96. The van der Waals surface area contributed by atoms with E-state index in [-0.39, 0.29) is 30.2 Å². The van der Waals surface area contributed by atoms with Crippen LogP contribution in [0.15, 0.2) is 40.6 Å². The monoisotopic (exact) mass is 436 g/mol. The summed E-state index contributed by atoms with van der Waals surface area (Å²) in [4.78, 5) is 16.1. The second kappa shape index (κ2) is 8.16. The quantitative estimate of drug-likeness (QED) is 0.692. The standard InChI is InChI=1S/C21H25FN2O3S2/c1-15-4-11-20(28-15)29(26,27)23-12-2-3-17(14-23)21(25)24(19-9-10-19)13-16-5-7-18(22)8-6-16/h4-8,11,17,19H,2-3,9-10,12-14H2,1H3. The molecule has 1 aromatic carbocycles. The van der Waals surface area contributed by atoms with E-state index in [0.29, 0.717) is 30.1 Å². The van der Waals surface area contributed by atoms with E-state index in [1.54, 1.807) is 18.2 Å². The van der Waals surface area contributed by atoms with Crippen LogP contribution in [-0.2, 0) is 21.4 Å². The molecule has 1 atom stereocenters. The summed E-state index contributed by atoms with van der Waals surface area (Å²) in [7, 11) is -3.56. The summed E-state index contributed by atoms with van der Waals surface area (Å²) >= 11 is 1.27. The zero-order chi connectivity index (χ0) is 20.6. The van der Waals surface area contributed by atoms with Crippen molar-refractivity contribution in [1.29, 1.82) is 0 Å². The van der Waals surface area contributed by atoms with Crippen molar-refractivity contribution < 1.29 is 17.6 Å². The highest BCUT2D eigenvalue weighted by Crippen LogP contribution is 2.33. The molecule has 1 aromatic heterocycles. The number of piperidine rings is 1. The Bertz CT molecular complexity index is 984. The number of amides is 1. The van der Waals surface area contributed by atoms with Crippen LogP contribution in [0, 0.1) is 18.7 Å². The van der Waals surface area contributed by atoms with Gasteiger partial charge in [0.15, 0.2) is 0 Å². The third kappa shape index (κ3) is 4.54. The molecule has 0 radical (unpaired) electrons. The molecule has 2 aromatic rings. The van der Waals surface area contributed by atoms with E-state index in [1.807, 2.05) is 17.9 Å². The fraction of sp³-hybridized carbons (Fsp3) is 0.476. The summed E-state index contributed by atoms with van der Waals surface area (Å²) in [6.45, 7) is 3.00. The number of benzene rings is 1. The third-order valence-electron chi connectivity index (χ3n) is 5.58. The second-order valence-corrected chi connectivity index (χ2v) is 11.3. The van der Waals surface area contributed by atoms with Gasteiger partial charge in [0.1, 0.15) is 10.0 Å². The molecule has 156 valence electrons. The van der Waals surface area contributed by atoms with Crippen LogP contribution in [0.25, 0.3) is 0 Å². The van der Waals surface area contributed by atoms with Crippen LogP contribution in [0.4, 0.5) is 4.39 Å². The number of hydrogen-bond acceptors (Lipinski definition) is 4. The summed E-state index contributed by atoms with van der Waals surface area (Å²) in [5.41, 5.74) is 0.890. The Morgan fingerprint density at radius 3 is 2.52 bits per heavy atom. The van der Waals surface area contributed by atoms with Crippen molar-refractivity contribution in [2.45, 2.75) is 49.4 Å². The number of halogens is 1. The minimum absolute atomic E-state index is 0.0130. The fourth-order valence-corrected chi connectivity index (χ4v) is 6.80. The largest absolute Gasteiger partial charge is 0.335 e. The lowest BCUT2D eigenvalue weighted by Gasteiger charge is -2.34. The molecule has 1 amide bonds. The number of aryl methyl sites for hydroxylation is 1. The Morgan fingerprint density at radius 1 is 1.17 bits per heavy atom. The van der Waals surface area contributed by atoms with Crippen LogP contribution in [0.1, 0.15) is 36.1 Å². The second-order valence-electron chi connectivity index (χ2n) is 7.89. The van der Waals surface area contributed by atoms with Crippen LogP contribution in [0.2, 0.25) is 0 Å². The van der Waals surface area contributed by atoms with E-state index < -0.39 is 10.0 Å². The average Bonchev–Trinajstić information content (AvgIpc) is 3.46. The molecular formula is C21H25FN2O3S2. The Kier molecular flexibility index (Phi) is 5.77. The SMILES string of the molecule is Cc1ccc(S(=O)(=O)N2CCCC(C(=O)N(Cc3ccc(F)cc3)C3CC3)C2)s1. The Morgan fingerprint density at radius 2 is 1.90 bits per heavy atom. The molecule has 2 aliphatic rings. The molecule has 1 saturated heterocycles. The molecule has 29 heavy (non-hydrogen) atoms. The third-order valence-corrected chi connectivity index (χ3v) is 8.91. The van der Waals surface area contributed by atoms with Gasteiger partial charge >= 0.3 is 0 Å². The summed E-state index contributed by atoms with van der Waals surface area (Å²) < 4.78 is 41.0. The van der Waals surface area contributed by atoms with E-state index in [0.717, 1.165) is 23.3 Å². The highest BCUT2D eigenvalue weighted by molar-refractivity contribution is 7.91. The van der Waals surface area contributed by atoms with Gasteiger partial charge in [-0.05, 0) is 62.4 Å². The smallest absolute Gasteiger partial charge is 0.252 e. The lowest BCUT2D eigenvalue weighted by atomic mass is 9.97. The average molecular weight is 437 g/mol. The minimum atomic E-state index is -3.56. The van der Waals surface area contributed by atoms with Crippen LogP contribution < -0.4 is 0 Å². The van der Waals surface area contributed by atoms with E-state index in [4.69, 9.17) is 0 Å². The Balaban J connectivity index is 1.49. The molecule has 1 unspecified atom stereocenters. The van der Waals surface area contributed by atoms with Crippen molar-refractivity contribution in [2.24, 2.45) is 5.92 Å². The molecule has 8 heteroatoms. The summed E-state index contributed by atoms with van der Waals surface area (Å²) in [6.07, 6.45) is 3.31. The first-order chi connectivity index (χ1) is 13.8. The maximum atomic E-state index is 13.3. The van der Waals surface area contributed by atoms with Crippen molar-refractivity contribution in [1.82, 2.24) is 9.21 Å². The van der Waals surface area contributed by atoms with Gasteiger partial charge in [-0.25, -0.2) is 12.8 Å². The topological polar surface area (TPSA) is 57.7 Å². The van der Waals surface area contributed by atoms with Gasteiger partial charge in [0, 0.05) is 30.6 Å². The minimum Gasteiger partial charge on any atom is -0.335 e. The van der Waals surface area contributed by atoms with Crippen LogP contribution in [0.3, 0.4) is 0 Å². The van der Waals surface area contributed by atoms with Crippen LogP contribution in [-0.4, -0.2) is 42.7 Å². The van der Waals surface area contributed by atoms with E-state index in [1.165, 1.54) is 27.8 Å². The normalized spacial score (nSPS) is 20.6. The highest BCUT2D eigenvalue weighted by atomic mass is 32.2. The number of sulfonamides is 1. The molecule has 0 spiro atoms. The van der Waals surface area contributed by atoms with Crippen LogP contribution in [0.5, 0.6) is 0 Å². The first-order valence-corrected chi connectivity index (χ1v) is 12.2. The molecular weight excluding hydrogens is 411 g/mol. The number of nitrogens with zero attached hydrogens (tertiary/aromatic N) is 2. The summed E-state index contributed by atoms with van der Waals surface area (Å²) in [6, 6.07) is 9.88. The van der Waals surface area contributed by atoms with Crippen molar-refractivity contribution in [2.75, 3.05) is 13.1 Å². The van der Waals surface area contributed by atoms with E-state index in [2.05, 4.69) is 0 Å². The van der Waals surface area contributed by atoms with Gasteiger partial charge in [0.25, 0.3) is 10.0 Å². The molecule has 5 nitrogen and oxygen atoms in total. The van der Waals surface area contributed by atoms with Crippen molar-refractivity contribution in [3.05, 3.63) is 52.7 Å². The number of thiophene rings is 1. The van der Waals surface area contributed by atoms with Gasteiger partial charge in [-0.15, -0.1) is 11.3 Å². The number of carbonyl (C=O) groups excluding carboxylic acids is 1. The van der Waals surface area contributed by atoms with Gasteiger partial charge < -0.3 is 4.90 Å². The molecule has 1 aliphatic carbocycles. The van der Waals surface area contributed by atoms with Crippen molar-refractivity contribution >= 4 is 27.3 Å². The van der Waals surface area contributed by atoms with E-state index >= 15 is 0 Å². The van der Waals surface area contributed by atoms with Crippen molar-refractivity contribution in [3.63, 3.8) is 0 Å². The van der Waals surface area contributed by atoms with Crippen LogP contribution >= 0.6 is 11.3 Å². The predicted octanol–water partition coefficient (Wildman–Crippen LogP) is 3.79. The van der Waals surface area contributed by atoms with Gasteiger partial charge in [0.2, 0.25) is 5.91 Å². The molecule has 1 saturated carbocycles. The molecule has 2 fully saturated rings. The van der Waals surface area contributed by atoms with Crippen molar-refractivity contribution in [3.8, 4) is 0 Å². The molecule has 0 N–H and O–H groups in total. The Hall–Kier alpha value is -1.77. The lowest BCUT2D eigenvalue weighted by molar-refractivity contribution is -0.138. The van der Waals surface area contributed by atoms with E-state index in [9.17, 15) is 17.6 Å². The maximum absolute atomic E-state index is 13.3. The lowest BCUT2D eigenvalue weighted by Crippen LogP contribution is -2.47. The zero-order valence-corrected chi connectivity index (χ0v) is 18.0. The fourth-order valence-electron chi connectivity index (χ4n) is 3.83. The highest BCUT2D eigenvalue weighted by Gasteiger charge is 2.39. The molecule has 2 heterocycles. The Labute approximate surface area is 175 Å². The maximum Gasteiger partial charge on any atom is 0.252 e. The molecule has 0 bridgehead atoms. The zero-order valence-electron chi connectivity index (χ0n) is 16.4.